The van der Waals surface area contributed by atoms with Crippen LogP contribution in [0, 0.1) is 18.3 Å². The van der Waals surface area contributed by atoms with Gasteiger partial charge in [-0.2, -0.15) is 5.26 Å². The van der Waals surface area contributed by atoms with E-state index < -0.39 is 0 Å². The molecule has 3 aromatic carbocycles. The Bertz CT molecular complexity index is 1410. The maximum absolute atomic E-state index is 12.4. The molecule has 0 bridgehead atoms. The zero-order chi connectivity index (χ0) is 26.7. The average molecular weight is 526 g/mol. The Morgan fingerprint density at radius 3 is 2.61 bits per heavy atom. The highest BCUT2D eigenvalue weighted by atomic mass is 32.2. The number of nitrogens with zero attached hydrogens (tertiary/aromatic N) is 4. The zero-order valence-electron chi connectivity index (χ0n) is 21.7. The minimum Gasteiger partial charge on any atom is -0.497 e. The van der Waals surface area contributed by atoms with Gasteiger partial charge in [-0.15, -0.1) is 10.2 Å². The van der Waals surface area contributed by atoms with Crippen LogP contribution in [-0.2, 0) is 23.5 Å². The quantitative estimate of drug-likeness (QED) is 0.186. The second kappa shape index (κ2) is 13.5. The van der Waals surface area contributed by atoms with Gasteiger partial charge in [0.15, 0.2) is 5.16 Å². The van der Waals surface area contributed by atoms with Crippen molar-refractivity contribution in [2.24, 2.45) is 0 Å². The minimum absolute atomic E-state index is 0.0387. The lowest BCUT2D eigenvalue weighted by Crippen LogP contribution is -2.22. The van der Waals surface area contributed by atoms with E-state index in [1.54, 1.807) is 24.9 Å². The standard InChI is InChI=1S/C30H31N5O2S/c1-22-7-5-10-26(17-22)35-28(33-34-30(35)38-21-25-9-6-8-24(18-25)19-31)11-3-4-12-29(36)32-20-23-13-15-27(37-2)16-14-23/h5-10,13-18H,3-4,11-12,20-21H2,1-2H3,(H,32,36). The monoisotopic (exact) mass is 525 g/mol. The normalized spacial score (nSPS) is 10.7. The molecule has 0 atom stereocenters. The molecule has 0 radical (unpaired) electrons. The summed E-state index contributed by atoms with van der Waals surface area (Å²) >= 11 is 1.60. The molecule has 0 aliphatic heterocycles. The number of methoxy groups -OCH3 is 1. The molecule has 1 heterocycles. The summed E-state index contributed by atoms with van der Waals surface area (Å²) in [5.41, 5.74) is 4.94. The highest BCUT2D eigenvalue weighted by molar-refractivity contribution is 7.98. The first-order valence-corrected chi connectivity index (χ1v) is 13.6. The lowest BCUT2D eigenvalue weighted by molar-refractivity contribution is -0.121. The van der Waals surface area contributed by atoms with Gasteiger partial charge in [-0.05, 0) is 72.9 Å². The molecule has 8 heteroatoms. The van der Waals surface area contributed by atoms with Crippen LogP contribution >= 0.6 is 11.8 Å². The number of aryl methyl sites for hydroxylation is 2. The number of aromatic nitrogens is 3. The summed E-state index contributed by atoms with van der Waals surface area (Å²) in [6.45, 7) is 2.57. The topological polar surface area (TPSA) is 92.8 Å². The molecule has 4 aromatic rings. The van der Waals surface area contributed by atoms with E-state index in [9.17, 15) is 10.1 Å². The molecule has 0 spiro atoms. The fourth-order valence-corrected chi connectivity index (χ4v) is 4.98. The third-order valence-corrected chi connectivity index (χ3v) is 7.09. The molecule has 1 N–H and O–H groups in total. The number of amides is 1. The number of unbranched alkanes of at least 4 members (excludes halogenated alkanes) is 1. The average Bonchev–Trinajstić information content (AvgIpc) is 3.36. The van der Waals surface area contributed by atoms with E-state index >= 15 is 0 Å². The van der Waals surface area contributed by atoms with Gasteiger partial charge >= 0.3 is 0 Å². The molecule has 194 valence electrons. The smallest absolute Gasteiger partial charge is 0.220 e. The summed E-state index contributed by atoms with van der Waals surface area (Å²) in [7, 11) is 1.64. The first-order chi connectivity index (χ1) is 18.6. The number of benzene rings is 3. The van der Waals surface area contributed by atoms with E-state index in [1.807, 2.05) is 48.5 Å². The van der Waals surface area contributed by atoms with E-state index in [1.165, 1.54) is 0 Å². The Hall–Kier alpha value is -4.09. The first kappa shape index (κ1) is 27.0. The van der Waals surface area contributed by atoms with Crippen molar-refractivity contribution in [3.05, 3.63) is 101 Å². The summed E-state index contributed by atoms with van der Waals surface area (Å²) in [5.74, 6) is 2.40. The van der Waals surface area contributed by atoms with Crippen LogP contribution in [0.4, 0.5) is 0 Å². The van der Waals surface area contributed by atoms with Crippen LogP contribution in [0.15, 0.2) is 78.0 Å². The van der Waals surface area contributed by atoms with E-state index in [2.05, 4.69) is 51.3 Å². The second-order valence-corrected chi connectivity index (χ2v) is 9.95. The van der Waals surface area contributed by atoms with Crippen LogP contribution in [0.2, 0.25) is 0 Å². The summed E-state index contributed by atoms with van der Waals surface area (Å²) < 4.78 is 7.28. The summed E-state index contributed by atoms with van der Waals surface area (Å²) in [6.07, 6.45) is 2.77. The number of hydrogen-bond acceptors (Lipinski definition) is 6. The van der Waals surface area contributed by atoms with Gasteiger partial charge in [0.2, 0.25) is 5.91 Å². The molecule has 0 unspecified atom stereocenters. The van der Waals surface area contributed by atoms with Crippen molar-refractivity contribution >= 4 is 17.7 Å². The number of ether oxygens (including phenoxy) is 1. The van der Waals surface area contributed by atoms with Crippen molar-refractivity contribution < 1.29 is 9.53 Å². The van der Waals surface area contributed by atoms with Crippen LogP contribution in [0.1, 0.15) is 47.3 Å². The van der Waals surface area contributed by atoms with Crippen LogP contribution in [0.25, 0.3) is 5.69 Å². The Kier molecular flexibility index (Phi) is 9.54. The van der Waals surface area contributed by atoms with Gasteiger partial charge in [-0.3, -0.25) is 9.36 Å². The van der Waals surface area contributed by atoms with Gasteiger partial charge < -0.3 is 10.1 Å². The highest BCUT2D eigenvalue weighted by Gasteiger charge is 2.15. The molecule has 1 aromatic heterocycles. The predicted octanol–water partition coefficient (Wildman–Crippen LogP) is 5.78. The minimum atomic E-state index is 0.0387. The van der Waals surface area contributed by atoms with E-state index in [-0.39, 0.29) is 5.91 Å². The fraction of sp³-hybridized carbons (Fsp3) is 0.267. The van der Waals surface area contributed by atoms with E-state index in [0.29, 0.717) is 24.3 Å². The second-order valence-electron chi connectivity index (χ2n) is 9.01. The third kappa shape index (κ3) is 7.46. The number of carbonyl (C=O) groups excluding carboxylic acids is 1. The molecule has 0 aliphatic carbocycles. The molecular weight excluding hydrogens is 494 g/mol. The van der Waals surface area contributed by atoms with Crippen molar-refractivity contribution in [1.82, 2.24) is 20.1 Å². The molecule has 1 amide bonds. The third-order valence-electron chi connectivity index (χ3n) is 6.09. The van der Waals surface area contributed by atoms with Crippen molar-refractivity contribution in [1.29, 1.82) is 5.26 Å². The molecule has 0 saturated carbocycles. The maximum Gasteiger partial charge on any atom is 0.220 e. The van der Waals surface area contributed by atoms with Gasteiger partial charge in [0.1, 0.15) is 11.6 Å². The van der Waals surface area contributed by atoms with Crippen LogP contribution in [0.5, 0.6) is 5.75 Å². The summed E-state index contributed by atoms with van der Waals surface area (Å²) in [5, 5.41) is 22.0. The molecule has 7 nitrogen and oxygen atoms in total. The Labute approximate surface area is 227 Å². The van der Waals surface area contributed by atoms with Crippen LogP contribution in [-0.4, -0.2) is 27.8 Å². The zero-order valence-corrected chi connectivity index (χ0v) is 22.5. The van der Waals surface area contributed by atoms with Crippen molar-refractivity contribution in [2.75, 3.05) is 7.11 Å². The molecule has 4 rings (SSSR count). The van der Waals surface area contributed by atoms with Crippen LogP contribution < -0.4 is 10.1 Å². The molecular formula is C30H31N5O2S. The number of hydrogen-bond donors (Lipinski definition) is 1. The number of thioether (sulfide) groups is 1. The first-order valence-electron chi connectivity index (χ1n) is 12.6. The number of carbonyl (C=O) groups is 1. The van der Waals surface area contributed by atoms with Crippen molar-refractivity contribution in [3.8, 4) is 17.5 Å². The summed E-state index contributed by atoms with van der Waals surface area (Å²) in [4.78, 5) is 12.4. The van der Waals surface area contributed by atoms with Gasteiger partial charge in [0, 0.05) is 30.8 Å². The lowest BCUT2D eigenvalue weighted by Gasteiger charge is -2.11. The van der Waals surface area contributed by atoms with Gasteiger partial charge in [-0.25, -0.2) is 0 Å². The van der Waals surface area contributed by atoms with Crippen LogP contribution in [0.3, 0.4) is 0 Å². The molecule has 0 saturated heterocycles. The number of nitrogens with one attached hydrogen (secondary N) is 1. The fourth-order valence-electron chi connectivity index (χ4n) is 4.06. The number of rotatable bonds is 12. The van der Waals surface area contributed by atoms with Gasteiger partial charge in [0.05, 0.1) is 18.7 Å². The van der Waals surface area contributed by atoms with E-state index in [4.69, 9.17) is 4.74 Å². The maximum atomic E-state index is 12.4. The van der Waals surface area contributed by atoms with Gasteiger partial charge in [0.25, 0.3) is 0 Å². The Morgan fingerprint density at radius 2 is 1.84 bits per heavy atom. The molecule has 0 fully saturated rings. The Morgan fingerprint density at radius 1 is 1.03 bits per heavy atom. The van der Waals surface area contributed by atoms with E-state index in [0.717, 1.165) is 58.4 Å². The van der Waals surface area contributed by atoms with Crippen molar-refractivity contribution in [3.63, 3.8) is 0 Å². The number of nitriles is 1. The molecule has 38 heavy (non-hydrogen) atoms. The Balaban J connectivity index is 1.35. The van der Waals surface area contributed by atoms with Crippen molar-refractivity contribution in [2.45, 2.75) is 50.1 Å². The highest BCUT2D eigenvalue weighted by Crippen LogP contribution is 2.27. The summed E-state index contributed by atoms with van der Waals surface area (Å²) in [6, 6.07) is 25.8. The SMILES string of the molecule is COc1ccc(CNC(=O)CCCCc2nnc(SCc3cccc(C#N)c3)n2-c2cccc(C)c2)cc1. The largest absolute Gasteiger partial charge is 0.497 e. The predicted molar refractivity (Wildman–Crippen MR) is 149 cm³/mol. The molecule has 0 aliphatic rings. The lowest BCUT2D eigenvalue weighted by atomic mass is 10.1. The van der Waals surface area contributed by atoms with Gasteiger partial charge in [-0.1, -0.05) is 48.2 Å².